The molecule has 2 unspecified atom stereocenters. The van der Waals surface area contributed by atoms with Crippen molar-refractivity contribution in [3.05, 3.63) is 59.9 Å². The average Bonchev–Trinajstić information content (AvgIpc) is 3.69. The molecule has 2 aromatic rings. The first-order chi connectivity index (χ1) is 18.9. The number of aryl methyl sites for hydroxylation is 2. The minimum atomic E-state index is 0.573. The zero-order valence-electron chi connectivity index (χ0n) is 23.9. The van der Waals surface area contributed by atoms with E-state index in [1.807, 2.05) is 12.1 Å². The van der Waals surface area contributed by atoms with Crippen molar-refractivity contribution in [2.75, 3.05) is 80.3 Å². The van der Waals surface area contributed by atoms with E-state index >= 15 is 0 Å². The van der Waals surface area contributed by atoms with Gasteiger partial charge in [0, 0.05) is 86.5 Å². The van der Waals surface area contributed by atoms with Crippen molar-refractivity contribution in [2.24, 2.45) is 0 Å². The molecule has 8 nitrogen and oxygen atoms in total. The zero-order valence-corrected chi connectivity index (χ0v) is 23.9. The van der Waals surface area contributed by atoms with Crippen LogP contribution in [-0.2, 0) is 0 Å². The van der Waals surface area contributed by atoms with Crippen LogP contribution in [0.15, 0.2) is 48.8 Å². The third-order valence-corrected chi connectivity index (χ3v) is 8.58. The van der Waals surface area contributed by atoms with E-state index in [-0.39, 0.29) is 0 Å². The van der Waals surface area contributed by atoms with Crippen LogP contribution < -0.4 is 31.9 Å². The summed E-state index contributed by atoms with van der Waals surface area (Å²) in [7, 11) is 0. The van der Waals surface area contributed by atoms with Crippen LogP contribution in [0.2, 0.25) is 0 Å². The van der Waals surface area contributed by atoms with E-state index in [1.165, 1.54) is 48.2 Å². The third-order valence-electron chi connectivity index (χ3n) is 8.58. The molecule has 6 N–H and O–H groups in total. The van der Waals surface area contributed by atoms with Crippen LogP contribution in [0.5, 0.6) is 0 Å². The van der Waals surface area contributed by atoms with Crippen molar-refractivity contribution >= 4 is 22.7 Å². The number of benzene rings is 2. The fourth-order valence-electron chi connectivity index (χ4n) is 6.02. The molecule has 212 valence electrons. The highest BCUT2D eigenvalue weighted by molar-refractivity contribution is 5.59. The standard InChI is InChI=1S/C31H48N8/c1-24-19-28(5-7-30(24)32)38-15-9-26(21-38)34-11-3-13-36-17-18-37(23-36)14-4-12-35-27-10-16-39(22-27)29-6-8-31(33)25(2)20-29/h5-8,17-20,26-27,34-35H,3-4,9-16,21-23,32-33H2,1-2H3. The molecule has 0 bridgehead atoms. The quantitative estimate of drug-likeness (QED) is 0.245. The van der Waals surface area contributed by atoms with E-state index in [2.05, 4.69) is 80.7 Å². The first-order valence-corrected chi connectivity index (χ1v) is 14.8. The lowest BCUT2D eigenvalue weighted by Gasteiger charge is -2.23. The van der Waals surface area contributed by atoms with E-state index in [0.717, 1.165) is 70.4 Å². The van der Waals surface area contributed by atoms with Gasteiger partial charge in [0.25, 0.3) is 0 Å². The van der Waals surface area contributed by atoms with Crippen LogP contribution in [0.25, 0.3) is 0 Å². The molecule has 3 aliphatic heterocycles. The van der Waals surface area contributed by atoms with Crippen molar-refractivity contribution in [1.82, 2.24) is 20.4 Å². The second-order valence-corrected chi connectivity index (χ2v) is 11.6. The van der Waals surface area contributed by atoms with Crippen LogP contribution in [0.4, 0.5) is 22.7 Å². The van der Waals surface area contributed by atoms with Crippen molar-refractivity contribution in [2.45, 2.75) is 51.6 Å². The number of anilines is 4. The van der Waals surface area contributed by atoms with E-state index < -0.39 is 0 Å². The van der Waals surface area contributed by atoms with Gasteiger partial charge in [-0.2, -0.15) is 0 Å². The fraction of sp³-hybridized carbons (Fsp3) is 0.548. The normalized spacial score (nSPS) is 21.1. The number of nitrogens with two attached hydrogens (primary N) is 2. The van der Waals surface area contributed by atoms with Gasteiger partial charge in [0.15, 0.2) is 0 Å². The molecule has 39 heavy (non-hydrogen) atoms. The molecule has 0 spiro atoms. The fourth-order valence-corrected chi connectivity index (χ4v) is 6.02. The SMILES string of the molecule is Cc1cc(N2CCC(NCCCN3C=CN(CCCNC4CCN(c5ccc(N)c(C)c5)C4)C3)C2)ccc1N. The summed E-state index contributed by atoms with van der Waals surface area (Å²) in [5.41, 5.74) is 18.6. The number of hydrogen-bond donors (Lipinski definition) is 4. The monoisotopic (exact) mass is 532 g/mol. The predicted molar refractivity (Wildman–Crippen MR) is 165 cm³/mol. The molecule has 0 aromatic heterocycles. The summed E-state index contributed by atoms with van der Waals surface area (Å²) < 4.78 is 0. The van der Waals surface area contributed by atoms with Gasteiger partial charge in [0.05, 0.1) is 6.67 Å². The van der Waals surface area contributed by atoms with E-state index in [1.54, 1.807) is 0 Å². The maximum absolute atomic E-state index is 5.99. The van der Waals surface area contributed by atoms with Gasteiger partial charge in [-0.15, -0.1) is 0 Å². The van der Waals surface area contributed by atoms with Gasteiger partial charge in [-0.25, -0.2) is 0 Å². The van der Waals surface area contributed by atoms with Crippen LogP contribution in [0, 0.1) is 13.8 Å². The molecular formula is C31H48N8. The minimum absolute atomic E-state index is 0.573. The second-order valence-electron chi connectivity index (χ2n) is 11.6. The largest absolute Gasteiger partial charge is 0.399 e. The Bertz CT molecular complexity index is 1030. The lowest BCUT2D eigenvalue weighted by molar-refractivity contribution is 0.258. The smallest absolute Gasteiger partial charge is 0.0893 e. The average molecular weight is 533 g/mol. The Balaban J connectivity index is 0.903. The highest BCUT2D eigenvalue weighted by Gasteiger charge is 2.23. The van der Waals surface area contributed by atoms with Crippen molar-refractivity contribution < 1.29 is 0 Å². The van der Waals surface area contributed by atoms with E-state index in [9.17, 15) is 0 Å². The van der Waals surface area contributed by atoms with Gasteiger partial charge in [0.1, 0.15) is 0 Å². The minimum Gasteiger partial charge on any atom is -0.399 e. The van der Waals surface area contributed by atoms with Gasteiger partial charge < -0.3 is 41.7 Å². The first-order valence-electron chi connectivity index (χ1n) is 14.8. The summed E-state index contributed by atoms with van der Waals surface area (Å²) in [6.45, 7) is 13.9. The molecule has 2 saturated heterocycles. The molecule has 3 aliphatic rings. The number of nitrogens with zero attached hydrogens (tertiary/aromatic N) is 4. The summed E-state index contributed by atoms with van der Waals surface area (Å²) in [5, 5.41) is 7.56. The molecular weight excluding hydrogens is 484 g/mol. The summed E-state index contributed by atoms with van der Waals surface area (Å²) in [4.78, 5) is 9.83. The molecule has 3 heterocycles. The number of hydrogen-bond acceptors (Lipinski definition) is 8. The lowest BCUT2D eigenvalue weighted by atomic mass is 10.2. The highest BCUT2D eigenvalue weighted by Crippen LogP contribution is 2.25. The second kappa shape index (κ2) is 12.8. The molecule has 0 saturated carbocycles. The summed E-state index contributed by atoms with van der Waals surface area (Å²) in [5.74, 6) is 0. The van der Waals surface area contributed by atoms with Crippen molar-refractivity contribution in [3.8, 4) is 0 Å². The molecule has 5 rings (SSSR count). The summed E-state index contributed by atoms with van der Waals surface area (Å²) >= 11 is 0. The van der Waals surface area contributed by atoms with Crippen molar-refractivity contribution in [3.63, 3.8) is 0 Å². The molecule has 8 heteroatoms. The molecule has 2 aromatic carbocycles. The Labute approximate surface area is 235 Å². The molecule has 0 radical (unpaired) electrons. The number of nitrogens with one attached hydrogen (secondary N) is 2. The zero-order chi connectivity index (χ0) is 27.2. The topological polar surface area (TPSA) is 89.1 Å². The summed E-state index contributed by atoms with van der Waals surface area (Å²) in [6.07, 6.45) is 9.27. The maximum atomic E-state index is 5.99. The Kier molecular flexibility index (Phi) is 9.04. The molecule has 2 atom stereocenters. The third kappa shape index (κ3) is 7.31. The lowest BCUT2D eigenvalue weighted by Crippen LogP contribution is -2.35. The molecule has 0 aliphatic carbocycles. The number of nitrogen functional groups attached to an aromatic ring is 2. The highest BCUT2D eigenvalue weighted by atomic mass is 15.3. The summed E-state index contributed by atoms with van der Waals surface area (Å²) in [6, 6.07) is 13.9. The van der Waals surface area contributed by atoms with Gasteiger partial charge in [-0.05, 0) is 100 Å². The van der Waals surface area contributed by atoms with Crippen LogP contribution in [-0.4, -0.2) is 80.9 Å². The Morgan fingerprint density at radius 2 is 1.18 bits per heavy atom. The van der Waals surface area contributed by atoms with E-state index in [4.69, 9.17) is 11.5 Å². The van der Waals surface area contributed by atoms with Gasteiger partial charge in [-0.1, -0.05) is 0 Å². The van der Waals surface area contributed by atoms with E-state index in [0.29, 0.717) is 12.1 Å². The van der Waals surface area contributed by atoms with Crippen LogP contribution in [0.1, 0.15) is 36.8 Å². The Hall–Kier alpha value is -3.10. The Morgan fingerprint density at radius 3 is 1.62 bits per heavy atom. The maximum Gasteiger partial charge on any atom is 0.0893 e. The van der Waals surface area contributed by atoms with Gasteiger partial charge in [-0.3, -0.25) is 0 Å². The van der Waals surface area contributed by atoms with Crippen molar-refractivity contribution in [1.29, 1.82) is 0 Å². The first kappa shape index (κ1) is 27.5. The van der Waals surface area contributed by atoms with Gasteiger partial charge in [0.2, 0.25) is 0 Å². The van der Waals surface area contributed by atoms with Crippen LogP contribution in [0.3, 0.4) is 0 Å². The van der Waals surface area contributed by atoms with Gasteiger partial charge >= 0.3 is 0 Å². The molecule has 2 fully saturated rings. The van der Waals surface area contributed by atoms with Crippen LogP contribution >= 0.6 is 0 Å². The Morgan fingerprint density at radius 1 is 0.718 bits per heavy atom. The molecule has 0 amide bonds. The predicted octanol–water partition coefficient (Wildman–Crippen LogP) is 3.33. The number of rotatable bonds is 12.